The maximum atomic E-state index is 9.81. The first kappa shape index (κ1) is 12.3. The number of fused-ring (bicyclic) bond motifs is 1. The van der Waals surface area contributed by atoms with Gasteiger partial charge in [0.05, 0.1) is 6.04 Å². The predicted octanol–water partition coefficient (Wildman–Crippen LogP) is 3.47. The molecule has 4 nitrogen and oxygen atoms in total. The Hall–Kier alpha value is -1.77. The highest BCUT2D eigenvalue weighted by Crippen LogP contribution is 2.40. The molecular weight excluding hydrogens is 282 g/mol. The van der Waals surface area contributed by atoms with Crippen molar-refractivity contribution in [2.24, 2.45) is 0 Å². The zero-order chi connectivity index (χ0) is 13.4. The van der Waals surface area contributed by atoms with Crippen LogP contribution in [0.4, 0.5) is 5.00 Å². The number of nitrogens with one attached hydrogen (secondary N) is 1. The molecule has 0 spiro atoms. The lowest BCUT2D eigenvalue weighted by Crippen LogP contribution is -2.06. The van der Waals surface area contributed by atoms with Crippen molar-refractivity contribution in [1.29, 1.82) is 5.26 Å². The number of nitrogens with zero attached hydrogens (tertiary/aromatic N) is 2. The zero-order valence-corrected chi connectivity index (χ0v) is 11.4. The monoisotopic (exact) mass is 291 g/mol. The quantitative estimate of drug-likeness (QED) is 0.889. The van der Waals surface area contributed by atoms with Gasteiger partial charge in [-0.05, 0) is 41.6 Å². The highest BCUT2D eigenvalue weighted by molar-refractivity contribution is 7.10. The first-order valence-corrected chi connectivity index (χ1v) is 6.98. The number of benzene rings is 1. The van der Waals surface area contributed by atoms with E-state index in [4.69, 9.17) is 16.9 Å². The van der Waals surface area contributed by atoms with Gasteiger partial charge in [0.15, 0.2) is 5.15 Å². The SMILES string of the molecule is N#Cc1c(Cl)nsc1NC1CCc2c(O)cccc21. The molecule has 96 valence electrons. The van der Waals surface area contributed by atoms with Gasteiger partial charge in [0.2, 0.25) is 0 Å². The fourth-order valence-electron chi connectivity index (χ4n) is 2.41. The molecule has 0 fully saturated rings. The third-order valence-corrected chi connectivity index (χ3v) is 4.47. The van der Waals surface area contributed by atoms with Crippen molar-refractivity contribution >= 4 is 28.1 Å². The van der Waals surface area contributed by atoms with E-state index in [9.17, 15) is 5.11 Å². The van der Waals surface area contributed by atoms with Gasteiger partial charge in [-0.25, -0.2) is 0 Å². The number of rotatable bonds is 2. The summed E-state index contributed by atoms with van der Waals surface area (Å²) in [5, 5.41) is 23.1. The summed E-state index contributed by atoms with van der Waals surface area (Å²) in [4.78, 5) is 0. The Morgan fingerprint density at radius 3 is 3.16 bits per heavy atom. The van der Waals surface area contributed by atoms with Crippen LogP contribution >= 0.6 is 23.1 Å². The molecule has 0 radical (unpaired) electrons. The fraction of sp³-hybridized carbons (Fsp3) is 0.231. The van der Waals surface area contributed by atoms with E-state index < -0.39 is 0 Å². The van der Waals surface area contributed by atoms with E-state index in [1.165, 1.54) is 11.5 Å². The van der Waals surface area contributed by atoms with Crippen molar-refractivity contribution < 1.29 is 5.11 Å². The molecular formula is C13H10ClN3OS. The minimum Gasteiger partial charge on any atom is -0.508 e. The topological polar surface area (TPSA) is 68.9 Å². The zero-order valence-electron chi connectivity index (χ0n) is 9.85. The average molecular weight is 292 g/mol. The molecule has 2 aromatic rings. The largest absolute Gasteiger partial charge is 0.508 e. The van der Waals surface area contributed by atoms with Gasteiger partial charge in [0.25, 0.3) is 0 Å². The van der Waals surface area contributed by atoms with Crippen LogP contribution in [0.15, 0.2) is 18.2 Å². The van der Waals surface area contributed by atoms with Crippen LogP contribution in [0, 0.1) is 11.3 Å². The molecule has 3 rings (SSSR count). The summed E-state index contributed by atoms with van der Waals surface area (Å²) in [7, 11) is 0. The summed E-state index contributed by atoms with van der Waals surface area (Å²) >= 11 is 7.04. The molecule has 1 atom stereocenters. The van der Waals surface area contributed by atoms with Crippen molar-refractivity contribution in [3.05, 3.63) is 40.0 Å². The average Bonchev–Trinajstić information content (AvgIpc) is 2.96. The first-order chi connectivity index (χ1) is 9.20. The van der Waals surface area contributed by atoms with Gasteiger partial charge in [-0.2, -0.15) is 9.64 Å². The second-order valence-corrected chi connectivity index (χ2v) is 5.50. The molecule has 1 aromatic carbocycles. The minimum absolute atomic E-state index is 0.0886. The number of hydrogen-bond acceptors (Lipinski definition) is 5. The second kappa shape index (κ2) is 4.72. The Balaban J connectivity index is 1.91. The van der Waals surface area contributed by atoms with Crippen LogP contribution in [0.2, 0.25) is 5.15 Å². The molecule has 0 bridgehead atoms. The molecule has 1 heterocycles. The van der Waals surface area contributed by atoms with E-state index in [1.807, 2.05) is 12.1 Å². The lowest BCUT2D eigenvalue weighted by atomic mass is 10.1. The molecule has 1 unspecified atom stereocenters. The van der Waals surface area contributed by atoms with E-state index in [2.05, 4.69) is 15.8 Å². The molecule has 0 amide bonds. The van der Waals surface area contributed by atoms with E-state index in [-0.39, 0.29) is 11.2 Å². The summed E-state index contributed by atoms with van der Waals surface area (Å²) < 4.78 is 3.98. The second-order valence-electron chi connectivity index (χ2n) is 4.37. The van der Waals surface area contributed by atoms with Crippen LogP contribution in [-0.2, 0) is 6.42 Å². The molecule has 1 aliphatic rings. The molecule has 19 heavy (non-hydrogen) atoms. The van der Waals surface area contributed by atoms with E-state index >= 15 is 0 Å². The van der Waals surface area contributed by atoms with Gasteiger partial charge < -0.3 is 10.4 Å². The Morgan fingerprint density at radius 2 is 2.37 bits per heavy atom. The number of aromatic nitrogens is 1. The highest BCUT2D eigenvalue weighted by atomic mass is 35.5. The van der Waals surface area contributed by atoms with E-state index in [0.29, 0.717) is 16.3 Å². The molecule has 1 aliphatic carbocycles. The fourth-order valence-corrected chi connectivity index (χ4v) is 3.40. The van der Waals surface area contributed by atoms with Crippen molar-refractivity contribution in [2.75, 3.05) is 5.32 Å². The first-order valence-electron chi connectivity index (χ1n) is 5.83. The van der Waals surface area contributed by atoms with Crippen molar-refractivity contribution in [1.82, 2.24) is 4.37 Å². The molecule has 0 aliphatic heterocycles. The van der Waals surface area contributed by atoms with Crippen molar-refractivity contribution in [3.8, 4) is 11.8 Å². The lowest BCUT2D eigenvalue weighted by Gasteiger charge is -2.14. The Morgan fingerprint density at radius 1 is 1.53 bits per heavy atom. The van der Waals surface area contributed by atoms with Gasteiger partial charge in [-0.1, -0.05) is 23.7 Å². The third kappa shape index (κ3) is 2.03. The highest BCUT2D eigenvalue weighted by Gasteiger charge is 2.26. The third-order valence-electron chi connectivity index (χ3n) is 3.31. The maximum Gasteiger partial charge on any atom is 0.162 e. The van der Waals surface area contributed by atoms with Gasteiger partial charge in [-0.15, -0.1) is 0 Å². The molecule has 6 heteroatoms. The van der Waals surface area contributed by atoms with Crippen LogP contribution in [0.5, 0.6) is 5.75 Å². The number of hydrogen-bond donors (Lipinski definition) is 2. The minimum atomic E-state index is 0.0886. The Kier molecular flexibility index (Phi) is 3.05. The molecule has 2 N–H and O–H groups in total. The van der Waals surface area contributed by atoms with Gasteiger partial charge in [0, 0.05) is 0 Å². The number of aromatic hydroxyl groups is 1. The van der Waals surface area contributed by atoms with Gasteiger partial charge in [0.1, 0.15) is 22.4 Å². The van der Waals surface area contributed by atoms with Crippen molar-refractivity contribution in [2.45, 2.75) is 18.9 Å². The summed E-state index contributed by atoms with van der Waals surface area (Å²) in [5.74, 6) is 0.338. The summed E-state index contributed by atoms with van der Waals surface area (Å²) in [6, 6.07) is 7.67. The van der Waals surface area contributed by atoms with Crippen LogP contribution in [-0.4, -0.2) is 9.48 Å². The number of phenolic OH excluding ortho intramolecular Hbond substituents is 1. The summed E-state index contributed by atoms with van der Waals surface area (Å²) in [6.45, 7) is 0. The van der Waals surface area contributed by atoms with E-state index in [0.717, 1.165) is 24.0 Å². The van der Waals surface area contributed by atoms with Crippen LogP contribution in [0.1, 0.15) is 29.2 Å². The molecule has 0 saturated heterocycles. The molecule has 0 saturated carbocycles. The Labute approximate surface area is 119 Å². The predicted molar refractivity (Wildman–Crippen MR) is 74.6 cm³/mol. The number of phenols is 1. The van der Waals surface area contributed by atoms with Crippen LogP contribution in [0.25, 0.3) is 0 Å². The van der Waals surface area contributed by atoms with Gasteiger partial charge >= 0.3 is 0 Å². The van der Waals surface area contributed by atoms with Crippen LogP contribution < -0.4 is 5.32 Å². The van der Waals surface area contributed by atoms with Crippen LogP contribution in [0.3, 0.4) is 0 Å². The normalized spacial score (nSPS) is 16.9. The smallest absolute Gasteiger partial charge is 0.162 e. The maximum absolute atomic E-state index is 9.81. The Bertz CT molecular complexity index is 677. The molecule has 1 aromatic heterocycles. The standard InChI is InChI=1S/C13H10ClN3OS/c14-12-9(6-15)13(19-17-12)16-10-5-4-8-7(10)2-1-3-11(8)18/h1-3,10,16,18H,4-5H2. The number of halogens is 1. The lowest BCUT2D eigenvalue weighted by molar-refractivity contribution is 0.469. The van der Waals surface area contributed by atoms with Gasteiger partial charge in [-0.3, -0.25) is 0 Å². The van der Waals surface area contributed by atoms with E-state index in [1.54, 1.807) is 6.07 Å². The summed E-state index contributed by atoms with van der Waals surface area (Å²) in [6.07, 6.45) is 1.71. The van der Waals surface area contributed by atoms with Crippen molar-refractivity contribution in [3.63, 3.8) is 0 Å². The number of nitriles is 1. The summed E-state index contributed by atoms with van der Waals surface area (Å²) in [5.41, 5.74) is 2.45. The number of anilines is 1.